The minimum Gasteiger partial charge on any atom is -0.497 e. The van der Waals surface area contributed by atoms with Crippen molar-refractivity contribution in [3.8, 4) is 5.75 Å². The van der Waals surface area contributed by atoms with E-state index in [4.69, 9.17) is 4.74 Å². The van der Waals surface area contributed by atoms with Crippen LogP contribution >= 0.6 is 0 Å². The number of benzene rings is 2. The Morgan fingerprint density at radius 1 is 1.00 bits per heavy atom. The second-order valence-electron chi connectivity index (χ2n) is 7.01. The maximum atomic E-state index is 13.0. The van der Waals surface area contributed by atoms with Crippen LogP contribution in [0.5, 0.6) is 5.75 Å². The molecule has 5 heteroatoms. The quantitative estimate of drug-likeness (QED) is 0.845. The van der Waals surface area contributed by atoms with Crippen LogP contribution in [0.25, 0.3) is 0 Å². The molecule has 1 aliphatic heterocycles. The van der Waals surface area contributed by atoms with E-state index >= 15 is 0 Å². The maximum absolute atomic E-state index is 13.0. The predicted octanol–water partition coefficient (Wildman–Crippen LogP) is 3.29. The fraction of sp³-hybridized carbons (Fsp3) is 0.381. The van der Waals surface area contributed by atoms with Gasteiger partial charge in [-0.05, 0) is 54.3 Å². The predicted molar refractivity (Wildman–Crippen MR) is 99.0 cm³/mol. The number of hydrogen-bond acceptors (Lipinski definition) is 3. The third-order valence-corrected chi connectivity index (χ3v) is 5.43. The van der Waals surface area contributed by atoms with Crippen LogP contribution < -0.4 is 9.64 Å². The molecule has 0 spiro atoms. The summed E-state index contributed by atoms with van der Waals surface area (Å²) in [4.78, 5) is 17.0. The molecule has 2 aliphatic rings. The second-order valence-corrected chi connectivity index (χ2v) is 7.01. The van der Waals surface area contributed by atoms with Gasteiger partial charge in [-0.1, -0.05) is 12.1 Å². The fourth-order valence-corrected chi connectivity index (χ4v) is 3.76. The highest BCUT2D eigenvalue weighted by Crippen LogP contribution is 2.48. The zero-order chi connectivity index (χ0) is 18.1. The van der Waals surface area contributed by atoms with Crippen molar-refractivity contribution in [3.05, 3.63) is 59.9 Å². The molecule has 26 heavy (non-hydrogen) atoms. The van der Waals surface area contributed by atoms with Gasteiger partial charge >= 0.3 is 0 Å². The lowest BCUT2D eigenvalue weighted by molar-refractivity contribution is -0.132. The van der Waals surface area contributed by atoms with Gasteiger partial charge in [0.15, 0.2) is 0 Å². The van der Waals surface area contributed by atoms with Crippen LogP contribution in [0.3, 0.4) is 0 Å². The van der Waals surface area contributed by atoms with Crippen LogP contribution in [0.15, 0.2) is 48.5 Å². The average molecular weight is 354 g/mol. The van der Waals surface area contributed by atoms with E-state index in [0.717, 1.165) is 49.6 Å². The summed E-state index contributed by atoms with van der Waals surface area (Å²) in [5, 5.41) is 0. The van der Waals surface area contributed by atoms with E-state index in [1.165, 1.54) is 12.1 Å². The Bertz CT molecular complexity index is 768. The van der Waals surface area contributed by atoms with Crippen molar-refractivity contribution in [2.45, 2.75) is 12.3 Å². The SMILES string of the molecule is COc1ccc(N2CCN(C(=O)C3CC3c3ccc(F)cc3)CC2)cc1. The van der Waals surface area contributed by atoms with Crippen LogP contribution in [-0.4, -0.2) is 44.1 Å². The number of halogens is 1. The molecule has 1 heterocycles. The summed E-state index contributed by atoms with van der Waals surface area (Å²) in [5.41, 5.74) is 2.23. The molecule has 4 nitrogen and oxygen atoms in total. The Morgan fingerprint density at radius 3 is 2.27 bits per heavy atom. The zero-order valence-corrected chi connectivity index (χ0v) is 14.9. The van der Waals surface area contributed by atoms with Gasteiger partial charge in [0, 0.05) is 37.8 Å². The largest absolute Gasteiger partial charge is 0.497 e. The van der Waals surface area contributed by atoms with Crippen LogP contribution in [-0.2, 0) is 4.79 Å². The number of piperazine rings is 1. The van der Waals surface area contributed by atoms with Gasteiger partial charge in [0.1, 0.15) is 11.6 Å². The Kier molecular flexibility index (Phi) is 4.53. The molecule has 0 bridgehead atoms. The van der Waals surface area contributed by atoms with E-state index in [1.54, 1.807) is 19.2 Å². The highest BCUT2D eigenvalue weighted by atomic mass is 19.1. The number of carbonyl (C=O) groups is 1. The van der Waals surface area contributed by atoms with E-state index in [1.807, 2.05) is 17.0 Å². The number of hydrogen-bond donors (Lipinski definition) is 0. The topological polar surface area (TPSA) is 32.8 Å². The Labute approximate surface area is 153 Å². The molecular weight excluding hydrogens is 331 g/mol. The zero-order valence-electron chi connectivity index (χ0n) is 14.9. The molecule has 2 fully saturated rings. The Morgan fingerprint density at radius 2 is 1.65 bits per heavy atom. The van der Waals surface area contributed by atoms with Gasteiger partial charge in [0.2, 0.25) is 5.91 Å². The summed E-state index contributed by atoms with van der Waals surface area (Å²) in [6, 6.07) is 14.6. The number of amides is 1. The monoisotopic (exact) mass is 354 g/mol. The van der Waals surface area contributed by atoms with Gasteiger partial charge < -0.3 is 14.5 Å². The van der Waals surface area contributed by atoms with Gasteiger partial charge in [-0.2, -0.15) is 0 Å². The van der Waals surface area contributed by atoms with Crippen LogP contribution in [0.2, 0.25) is 0 Å². The Hall–Kier alpha value is -2.56. The van der Waals surface area contributed by atoms with Gasteiger partial charge in [-0.15, -0.1) is 0 Å². The van der Waals surface area contributed by atoms with Crippen molar-refractivity contribution >= 4 is 11.6 Å². The van der Waals surface area contributed by atoms with Crippen molar-refractivity contribution in [1.29, 1.82) is 0 Å². The van der Waals surface area contributed by atoms with Crippen LogP contribution in [0, 0.1) is 11.7 Å². The standard InChI is InChI=1S/C21H23FN2O2/c1-26-18-8-6-17(7-9-18)23-10-12-24(13-11-23)21(25)20-14-19(20)15-2-4-16(22)5-3-15/h2-9,19-20H,10-14H2,1H3. The lowest BCUT2D eigenvalue weighted by atomic mass is 10.1. The molecule has 1 saturated heterocycles. The van der Waals surface area contributed by atoms with Gasteiger partial charge in [-0.3, -0.25) is 4.79 Å². The minimum absolute atomic E-state index is 0.0630. The highest BCUT2D eigenvalue weighted by Gasteiger charge is 2.46. The number of nitrogens with zero attached hydrogens (tertiary/aromatic N) is 2. The molecule has 0 radical (unpaired) electrons. The molecule has 2 unspecified atom stereocenters. The molecule has 4 rings (SSSR count). The number of methoxy groups -OCH3 is 1. The molecule has 0 N–H and O–H groups in total. The van der Waals surface area contributed by atoms with Crippen molar-refractivity contribution in [2.24, 2.45) is 5.92 Å². The fourth-order valence-electron chi connectivity index (χ4n) is 3.76. The molecule has 2 aromatic carbocycles. The third kappa shape index (κ3) is 3.39. The number of ether oxygens (including phenoxy) is 1. The first-order valence-electron chi connectivity index (χ1n) is 9.09. The molecule has 0 aromatic heterocycles. The van der Waals surface area contributed by atoms with Crippen LogP contribution in [0.1, 0.15) is 17.9 Å². The molecular formula is C21H23FN2O2. The summed E-state index contributed by atoms with van der Waals surface area (Å²) < 4.78 is 18.2. The van der Waals surface area contributed by atoms with Gasteiger partial charge in [-0.25, -0.2) is 4.39 Å². The number of anilines is 1. The summed E-state index contributed by atoms with van der Waals surface area (Å²) in [6.45, 7) is 3.17. The van der Waals surface area contributed by atoms with E-state index < -0.39 is 0 Å². The minimum atomic E-state index is -0.230. The van der Waals surface area contributed by atoms with E-state index in [9.17, 15) is 9.18 Å². The first-order valence-corrected chi connectivity index (χ1v) is 9.09. The molecule has 2 atom stereocenters. The Balaban J connectivity index is 1.32. The summed E-state index contributed by atoms with van der Waals surface area (Å²) >= 11 is 0. The van der Waals surface area contributed by atoms with E-state index in [2.05, 4.69) is 17.0 Å². The maximum Gasteiger partial charge on any atom is 0.226 e. The van der Waals surface area contributed by atoms with Gasteiger partial charge in [0.05, 0.1) is 7.11 Å². The number of rotatable bonds is 4. The smallest absolute Gasteiger partial charge is 0.226 e. The lowest BCUT2D eigenvalue weighted by Gasteiger charge is -2.36. The normalized spacial score (nSPS) is 22.2. The molecule has 1 amide bonds. The van der Waals surface area contributed by atoms with Crippen molar-refractivity contribution in [1.82, 2.24) is 4.90 Å². The second kappa shape index (κ2) is 6.98. The third-order valence-electron chi connectivity index (χ3n) is 5.43. The van der Waals surface area contributed by atoms with Crippen molar-refractivity contribution in [3.63, 3.8) is 0 Å². The molecule has 2 aromatic rings. The number of carbonyl (C=O) groups excluding carboxylic acids is 1. The first-order chi connectivity index (χ1) is 12.7. The van der Waals surface area contributed by atoms with E-state index in [0.29, 0.717) is 0 Å². The van der Waals surface area contributed by atoms with Gasteiger partial charge in [0.25, 0.3) is 0 Å². The molecule has 1 aliphatic carbocycles. The summed E-state index contributed by atoms with van der Waals surface area (Å²) in [5.74, 6) is 1.18. The first kappa shape index (κ1) is 16.9. The summed E-state index contributed by atoms with van der Waals surface area (Å²) in [7, 11) is 1.66. The van der Waals surface area contributed by atoms with E-state index in [-0.39, 0.29) is 23.6 Å². The highest BCUT2D eigenvalue weighted by molar-refractivity contribution is 5.83. The van der Waals surface area contributed by atoms with Crippen molar-refractivity contribution < 1.29 is 13.9 Å². The van der Waals surface area contributed by atoms with Crippen LogP contribution in [0.4, 0.5) is 10.1 Å². The van der Waals surface area contributed by atoms with Crippen molar-refractivity contribution in [2.75, 3.05) is 38.2 Å². The lowest BCUT2D eigenvalue weighted by Crippen LogP contribution is -2.49. The molecule has 136 valence electrons. The summed E-state index contributed by atoms with van der Waals surface area (Å²) in [6.07, 6.45) is 0.878. The average Bonchev–Trinajstić information content (AvgIpc) is 3.49. The molecule has 1 saturated carbocycles.